The summed E-state index contributed by atoms with van der Waals surface area (Å²) in [5, 5.41) is 0. The van der Waals surface area contributed by atoms with Gasteiger partial charge in [0.05, 0.1) is 22.7 Å². The molecule has 0 saturated carbocycles. The number of aromatic nitrogens is 2. The van der Waals surface area contributed by atoms with E-state index in [9.17, 15) is 13.0 Å². The third-order valence-corrected chi connectivity index (χ3v) is 11.3. The minimum absolute atomic E-state index is 0.0736. The van der Waals surface area contributed by atoms with Crippen molar-refractivity contribution in [3.05, 3.63) is 134 Å². The number of hydrogen-bond donors (Lipinski definition) is 1. The number of para-hydroxylation sites is 8. The number of rotatable bonds is 8. The molecule has 0 bridgehead atoms. The predicted octanol–water partition coefficient (Wildman–Crippen LogP) is 8.32. The van der Waals surface area contributed by atoms with Gasteiger partial charge in [0.15, 0.2) is 45.4 Å². The molecule has 5 aromatic rings. The fourth-order valence-electron chi connectivity index (χ4n) is 7.24. The molecule has 3 aliphatic rings. The molecule has 13 heteroatoms. The zero-order chi connectivity index (χ0) is 34.5. The molecule has 2 atom stereocenters. The lowest BCUT2D eigenvalue weighted by molar-refractivity contribution is 0.199. The summed E-state index contributed by atoms with van der Waals surface area (Å²) in [5.74, 6) is 2.01. The van der Waals surface area contributed by atoms with Crippen molar-refractivity contribution in [2.75, 3.05) is 9.80 Å². The van der Waals surface area contributed by atoms with Gasteiger partial charge >= 0.3 is 0 Å². The smallest absolute Gasteiger partial charge is 0.278 e. The Balaban J connectivity index is 1.58. The molecule has 11 nitrogen and oxygen atoms in total. The lowest BCUT2D eigenvalue weighted by Crippen LogP contribution is -2.70. The zero-order valence-corrected chi connectivity index (χ0v) is 28.3. The highest BCUT2D eigenvalue weighted by Crippen LogP contribution is 2.61. The molecule has 1 N–H and O–H groups in total. The van der Waals surface area contributed by atoms with Gasteiger partial charge in [0.25, 0.3) is 10.1 Å². The van der Waals surface area contributed by atoms with Crippen LogP contribution in [-0.4, -0.2) is 45.4 Å². The van der Waals surface area contributed by atoms with Crippen LogP contribution in [-0.2, 0) is 14.9 Å². The van der Waals surface area contributed by atoms with Crippen molar-refractivity contribution in [2.24, 2.45) is 4.99 Å². The van der Waals surface area contributed by atoms with Crippen LogP contribution >= 0.6 is 11.8 Å². The van der Waals surface area contributed by atoms with Crippen molar-refractivity contribution in [1.29, 1.82) is 0 Å². The maximum Gasteiger partial charge on any atom is 0.278 e. The first-order chi connectivity index (χ1) is 24.3. The fraction of sp³-hybridized carbons (Fsp3) is 0.162. The number of fused-ring (bicyclic) bond motifs is 4. The highest BCUT2D eigenvalue weighted by Gasteiger charge is 2.63. The monoisotopic (exact) mass is 706 g/mol. The second-order valence-corrected chi connectivity index (χ2v) is 14.2. The number of anilines is 4. The molecular formula is C37H31ClN6O5S. The number of aliphatic imine (C=N–C) groups is 1. The fourth-order valence-corrected chi connectivity index (χ4v) is 8.61. The van der Waals surface area contributed by atoms with E-state index in [-0.39, 0.29) is 18.7 Å². The second kappa shape index (κ2) is 12.2. The number of hydrogen-bond acceptors (Lipinski definition) is 10. The summed E-state index contributed by atoms with van der Waals surface area (Å²) in [6.07, 6.45) is 6.43. The average Bonchev–Trinajstić information content (AvgIpc) is 3.14. The largest absolute Gasteiger partial charge is 0.453 e. The molecule has 0 aliphatic carbocycles. The van der Waals surface area contributed by atoms with Crippen LogP contribution in [0, 0.1) is 0 Å². The second-order valence-electron chi connectivity index (χ2n) is 12.1. The molecule has 0 spiro atoms. The highest BCUT2D eigenvalue weighted by molar-refractivity contribution is 7.86. The molecular weight excluding hydrogens is 676 g/mol. The molecule has 0 amide bonds. The normalized spacial score (nSPS) is 17.4. The zero-order valence-electron chi connectivity index (χ0n) is 26.7. The summed E-state index contributed by atoms with van der Waals surface area (Å²) in [4.78, 5) is 18.0. The van der Waals surface area contributed by atoms with Gasteiger partial charge in [0, 0.05) is 43.0 Å². The summed E-state index contributed by atoms with van der Waals surface area (Å²) in [5.41, 5.74) is 0.766. The van der Waals surface area contributed by atoms with E-state index in [1.165, 1.54) is 16.8 Å². The van der Waals surface area contributed by atoms with Crippen LogP contribution in [0.2, 0.25) is 0 Å². The lowest BCUT2D eigenvalue weighted by Gasteiger charge is -2.59. The van der Waals surface area contributed by atoms with Crippen LogP contribution in [0.5, 0.6) is 23.0 Å². The molecule has 0 saturated heterocycles. The predicted molar refractivity (Wildman–Crippen MR) is 192 cm³/mol. The molecule has 4 heterocycles. The van der Waals surface area contributed by atoms with Crippen LogP contribution in [0.25, 0.3) is 0 Å². The minimum Gasteiger partial charge on any atom is -0.453 e. The Morgan fingerprint density at radius 3 is 1.58 bits per heavy atom. The molecule has 3 aliphatic heterocycles. The molecule has 252 valence electrons. The summed E-state index contributed by atoms with van der Waals surface area (Å²) in [6, 6.07) is 31.6. The Morgan fingerprint density at radius 2 is 1.18 bits per heavy atom. The number of halogens is 1. The summed E-state index contributed by atoms with van der Waals surface area (Å²) >= 11 is 7.22. The Morgan fingerprint density at radius 1 is 0.740 bits per heavy atom. The first-order valence-electron chi connectivity index (χ1n) is 16.0. The van der Waals surface area contributed by atoms with Crippen molar-refractivity contribution >= 4 is 50.9 Å². The van der Waals surface area contributed by atoms with E-state index >= 15 is 0 Å². The van der Waals surface area contributed by atoms with Gasteiger partial charge in [-0.2, -0.15) is 8.42 Å². The van der Waals surface area contributed by atoms with Crippen LogP contribution in [0.4, 0.5) is 22.7 Å². The SMILES string of the molecule is CCC(CC(C1N=CC=CN1Cl)(N1c2ccccc2Oc2ccccc21)N1c2ccccc2Oc2ccccc21)(c1ncccn1)S(=O)(=O)O. The van der Waals surface area contributed by atoms with Crippen LogP contribution in [0.3, 0.4) is 0 Å². The minimum atomic E-state index is -4.98. The van der Waals surface area contributed by atoms with Crippen molar-refractivity contribution in [3.63, 3.8) is 0 Å². The van der Waals surface area contributed by atoms with E-state index in [1.54, 1.807) is 31.5 Å². The quantitative estimate of drug-likeness (QED) is 0.125. The van der Waals surface area contributed by atoms with Crippen molar-refractivity contribution in [1.82, 2.24) is 14.4 Å². The van der Waals surface area contributed by atoms with E-state index in [2.05, 4.69) is 9.97 Å². The third kappa shape index (κ3) is 4.82. The topological polar surface area (TPSA) is 121 Å². The number of nitrogens with zero attached hydrogens (tertiary/aromatic N) is 6. The maximum atomic E-state index is 14.2. The van der Waals surface area contributed by atoms with Crippen molar-refractivity contribution in [3.8, 4) is 23.0 Å². The molecule has 0 fully saturated rings. The summed E-state index contributed by atoms with van der Waals surface area (Å²) in [6.45, 7) is 1.69. The summed E-state index contributed by atoms with van der Waals surface area (Å²) < 4.78 is 52.1. The molecule has 1 aromatic heterocycles. The van der Waals surface area contributed by atoms with Crippen molar-refractivity contribution in [2.45, 2.75) is 36.3 Å². The van der Waals surface area contributed by atoms with Gasteiger partial charge in [-0.1, -0.05) is 55.5 Å². The standard InChI is InChI=1S/C37H31ClN6O5S/c1-2-36(50(45,46)47,34-39-21-11-22-40-34)25-37(35-41-23-12-24-42(35)38,43-26-13-3-7-17-30(26)48-31-18-8-4-14-27(31)43)44-28-15-5-9-19-32(28)49-33-20-10-6-16-29(33)44/h3-24,35H,2,25H2,1H3,(H,45,46,47). The van der Waals surface area contributed by atoms with Crippen LogP contribution in [0.1, 0.15) is 25.6 Å². The van der Waals surface area contributed by atoms with Gasteiger partial charge in [-0.25, -0.2) is 9.97 Å². The number of benzene rings is 4. The van der Waals surface area contributed by atoms with E-state index in [1.807, 2.05) is 107 Å². The highest BCUT2D eigenvalue weighted by atomic mass is 35.5. The van der Waals surface area contributed by atoms with Gasteiger partial charge < -0.3 is 19.3 Å². The van der Waals surface area contributed by atoms with E-state index in [0.29, 0.717) is 45.7 Å². The maximum absolute atomic E-state index is 14.2. The first kappa shape index (κ1) is 31.8. The van der Waals surface area contributed by atoms with Gasteiger partial charge in [0.2, 0.25) is 0 Å². The molecule has 8 rings (SSSR count). The Labute approximate surface area is 294 Å². The van der Waals surface area contributed by atoms with E-state index < -0.39 is 26.7 Å². The Bertz CT molecular complexity index is 2070. The third-order valence-electron chi connectivity index (χ3n) is 9.41. The van der Waals surface area contributed by atoms with Gasteiger partial charge in [-0.05, 0) is 67.1 Å². The van der Waals surface area contributed by atoms with Gasteiger partial charge in [-0.3, -0.25) is 14.0 Å². The summed E-state index contributed by atoms with van der Waals surface area (Å²) in [7, 11) is -4.98. The van der Waals surface area contributed by atoms with Gasteiger partial charge in [-0.15, -0.1) is 0 Å². The average molecular weight is 707 g/mol. The van der Waals surface area contributed by atoms with Crippen LogP contribution < -0.4 is 19.3 Å². The Kier molecular flexibility index (Phi) is 7.74. The van der Waals surface area contributed by atoms with Crippen LogP contribution in [0.15, 0.2) is 133 Å². The molecule has 50 heavy (non-hydrogen) atoms. The van der Waals surface area contributed by atoms with E-state index in [4.69, 9.17) is 26.2 Å². The van der Waals surface area contributed by atoms with Crippen molar-refractivity contribution < 1.29 is 22.4 Å². The molecule has 4 aromatic carbocycles. The molecule has 2 unspecified atom stereocenters. The molecule has 0 radical (unpaired) electrons. The lowest BCUT2D eigenvalue weighted by atomic mass is 9.83. The number of ether oxygens (including phenoxy) is 2. The Hall–Kier alpha value is -5.43. The van der Waals surface area contributed by atoms with E-state index in [0.717, 1.165) is 0 Å². The van der Waals surface area contributed by atoms with Gasteiger partial charge in [0.1, 0.15) is 0 Å². The first-order valence-corrected chi connectivity index (χ1v) is 17.8. The number of allylic oxidation sites excluding steroid dienone is 1.